The van der Waals surface area contributed by atoms with Crippen LogP contribution in [0.2, 0.25) is 0 Å². The number of likely N-dealkylation sites (tertiary alicyclic amines) is 1. The molecule has 2 atom stereocenters. The maximum Gasteiger partial charge on any atom is 0.0947 e. The van der Waals surface area contributed by atoms with Crippen LogP contribution >= 0.6 is 0 Å². The van der Waals surface area contributed by atoms with Gasteiger partial charge in [0.1, 0.15) is 0 Å². The molecule has 0 radical (unpaired) electrons. The number of hydrogen-bond acceptors (Lipinski definition) is 3. The summed E-state index contributed by atoms with van der Waals surface area (Å²) >= 11 is 0. The van der Waals surface area contributed by atoms with E-state index in [1.165, 1.54) is 0 Å². The van der Waals surface area contributed by atoms with Crippen molar-refractivity contribution in [3.8, 4) is 0 Å². The van der Waals surface area contributed by atoms with Crippen molar-refractivity contribution in [2.75, 3.05) is 20.2 Å². The van der Waals surface area contributed by atoms with Crippen molar-refractivity contribution in [3.63, 3.8) is 0 Å². The van der Waals surface area contributed by atoms with Crippen molar-refractivity contribution in [1.82, 2.24) is 4.90 Å². The normalized spacial score (nSPS) is 21.1. The molecule has 1 aliphatic rings. The van der Waals surface area contributed by atoms with Crippen molar-refractivity contribution >= 4 is 0 Å². The van der Waals surface area contributed by atoms with Gasteiger partial charge in [-0.15, -0.1) is 0 Å². The first kappa shape index (κ1) is 15.5. The first-order valence-corrected chi connectivity index (χ1v) is 7.63. The highest BCUT2D eigenvalue weighted by Crippen LogP contribution is 2.29. The Kier molecular flexibility index (Phi) is 5.58. The summed E-state index contributed by atoms with van der Waals surface area (Å²) in [5, 5.41) is 10.8. The molecule has 0 spiro atoms. The van der Waals surface area contributed by atoms with Crippen molar-refractivity contribution in [3.05, 3.63) is 35.9 Å². The number of aliphatic hydroxyl groups excluding tert-OH is 1. The average molecular weight is 277 g/mol. The summed E-state index contributed by atoms with van der Waals surface area (Å²) in [6.45, 7) is 6.40. The van der Waals surface area contributed by atoms with Crippen molar-refractivity contribution < 1.29 is 9.84 Å². The van der Waals surface area contributed by atoms with Crippen molar-refractivity contribution in [2.24, 2.45) is 5.92 Å². The van der Waals surface area contributed by atoms with Gasteiger partial charge in [0.25, 0.3) is 0 Å². The van der Waals surface area contributed by atoms with Gasteiger partial charge in [0.15, 0.2) is 0 Å². The van der Waals surface area contributed by atoms with Gasteiger partial charge in [-0.25, -0.2) is 0 Å². The van der Waals surface area contributed by atoms with Gasteiger partial charge >= 0.3 is 0 Å². The Balaban J connectivity index is 2.08. The molecular formula is C17H27NO2. The summed E-state index contributed by atoms with van der Waals surface area (Å²) in [5.41, 5.74) is 1.01. The summed E-state index contributed by atoms with van der Waals surface area (Å²) in [4.78, 5) is 2.43. The Bertz CT molecular complexity index is 385. The Morgan fingerprint density at radius 2 is 1.75 bits per heavy atom. The largest absolute Gasteiger partial charge is 0.387 e. The smallest absolute Gasteiger partial charge is 0.0947 e. The van der Waals surface area contributed by atoms with Gasteiger partial charge in [0.05, 0.1) is 12.2 Å². The molecule has 1 aromatic rings. The van der Waals surface area contributed by atoms with Gasteiger partial charge in [-0.1, -0.05) is 44.2 Å². The molecule has 112 valence electrons. The molecule has 1 saturated heterocycles. The summed E-state index contributed by atoms with van der Waals surface area (Å²) in [5.74, 6) is 0.421. The van der Waals surface area contributed by atoms with E-state index in [1.54, 1.807) is 7.11 Å². The van der Waals surface area contributed by atoms with Crippen LogP contribution in [0.1, 0.15) is 38.4 Å². The first-order chi connectivity index (χ1) is 9.63. The maximum absolute atomic E-state index is 10.8. The lowest BCUT2D eigenvalue weighted by Crippen LogP contribution is -2.48. The molecule has 1 heterocycles. The number of aliphatic hydroxyl groups is 1. The fourth-order valence-corrected chi connectivity index (χ4v) is 3.24. The monoisotopic (exact) mass is 277 g/mol. The Labute approximate surface area is 122 Å². The topological polar surface area (TPSA) is 32.7 Å². The zero-order valence-electron chi connectivity index (χ0n) is 12.8. The quantitative estimate of drug-likeness (QED) is 0.898. The molecule has 2 rings (SSSR count). The van der Waals surface area contributed by atoms with E-state index in [9.17, 15) is 5.11 Å². The number of rotatable bonds is 5. The van der Waals surface area contributed by atoms with Crippen LogP contribution in [-0.4, -0.2) is 42.4 Å². The highest BCUT2D eigenvalue weighted by atomic mass is 16.5. The fraction of sp³-hybridized carbons (Fsp3) is 0.647. The zero-order valence-corrected chi connectivity index (χ0v) is 12.8. The van der Waals surface area contributed by atoms with Crippen LogP contribution in [0.15, 0.2) is 30.3 Å². The van der Waals surface area contributed by atoms with E-state index in [4.69, 9.17) is 4.74 Å². The van der Waals surface area contributed by atoms with Crippen LogP contribution in [0.25, 0.3) is 0 Å². The Morgan fingerprint density at radius 1 is 1.15 bits per heavy atom. The van der Waals surface area contributed by atoms with Crippen molar-refractivity contribution in [1.29, 1.82) is 0 Å². The molecule has 0 amide bonds. The molecular weight excluding hydrogens is 250 g/mol. The third-order valence-electron chi connectivity index (χ3n) is 4.38. The molecule has 0 aromatic heterocycles. The van der Waals surface area contributed by atoms with E-state index >= 15 is 0 Å². The van der Waals surface area contributed by atoms with E-state index in [-0.39, 0.29) is 6.04 Å². The summed E-state index contributed by atoms with van der Waals surface area (Å²) < 4.78 is 5.44. The lowest BCUT2D eigenvalue weighted by Gasteiger charge is -2.41. The van der Waals surface area contributed by atoms with Gasteiger partial charge in [0.2, 0.25) is 0 Å². The van der Waals surface area contributed by atoms with Crippen LogP contribution in [0.5, 0.6) is 0 Å². The Hall–Kier alpha value is -0.900. The van der Waals surface area contributed by atoms with Crippen LogP contribution in [0, 0.1) is 5.92 Å². The number of nitrogens with zero attached hydrogens (tertiary/aromatic N) is 1. The van der Waals surface area contributed by atoms with Gasteiger partial charge in [-0.2, -0.15) is 0 Å². The van der Waals surface area contributed by atoms with Gasteiger partial charge in [0, 0.05) is 26.2 Å². The molecule has 1 aromatic carbocycles. The molecule has 1 aliphatic heterocycles. The molecule has 20 heavy (non-hydrogen) atoms. The highest BCUT2D eigenvalue weighted by Gasteiger charge is 2.32. The van der Waals surface area contributed by atoms with Crippen LogP contribution < -0.4 is 0 Å². The predicted octanol–water partition coefficient (Wildman–Crippen LogP) is 2.86. The molecule has 0 saturated carbocycles. The number of methoxy groups -OCH3 is 1. The van der Waals surface area contributed by atoms with Gasteiger partial charge < -0.3 is 9.84 Å². The lowest BCUT2D eigenvalue weighted by atomic mass is 9.90. The molecule has 1 N–H and O–H groups in total. The minimum Gasteiger partial charge on any atom is -0.387 e. The molecule has 2 unspecified atom stereocenters. The average Bonchev–Trinajstić information content (AvgIpc) is 2.48. The zero-order chi connectivity index (χ0) is 14.5. The lowest BCUT2D eigenvalue weighted by molar-refractivity contribution is -0.0228. The van der Waals surface area contributed by atoms with E-state index in [2.05, 4.69) is 18.7 Å². The minimum atomic E-state index is -0.421. The first-order valence-electron chi connectivity index (χ1n) is 7.63. The molecule has 1 fully saturated rings. The molecule has 0 bridgehead atoms. The summed E-state index contributed by atoms with van der Waals surface area (Å²) in [7, 11) is 1.79. The summed E-state index contributed by atoms with van der Waals surface area (Å²) in [6, 6.07) is 10.2. The Morgan fingerprint density at radius 3 is 2.25 bits per heavy atom. The van der Waals surface area contributed by atoms with Crippen molar-refractivity contribution in [2.45, 2.75) is 44.9 Å². The van der Waals surface area contributed by atoms with E-state index in [1.807, 2.05) is 30.3 Å². The van der Waals surface area contributed by atoms with E-state index < -0.39 is 6.10 Å². The standard InChI is InChI=1S/C17H27NO2/c1-13(2)16(17(19)14-7-5-4-6-8-14)18-11-9-15(20-3)10-12-18/h4-8,13,15-17,19H,9-12H2,1-3H3. The fourth-order valence-electron chi connectivity index (χ4n) is 3.24. The van der Waals surface area contributed by atoms with Crippen LogP contribution in [-0.2, 0) is 4.74 Å². The van der Waals surface area contributed by atoms with Crippen LogP contribution in [0.4, 0.5) is 0 Å². The molecule has 3 heteroatoms. The predicted molar refractivity (Wildman–Crippen MR) is 81.6 cm³/mol. The second kappa shape index (κ2) is 7.21. The van der Waals surface area contributed by atoms with E-state index in [0.29, 0.717) is 12.0 Å². The SMILES string of the molecule is COC1CCN(C(C(C)C)C(O)c2ccccc2)CC1. The number of ether oxygens (including phenoxy) is 1. The third-order valence-corrected chi connectivity index (χ3v) is 4.38. The molecule has 0 aliphatic carbocycles. The second-order valence-electron chi connectivity index (χ2n) is 6.06. The maximum atomic E-state index is 10.8. The molecule has 3 nitrogen and oxygen atoms in total. The second-order valence-corrected chi connectivity index (χ2v) is 6.06. The van der Waals surface area contributed by atoms with E-state index in [0.717, 1.165) is 31.5 Å². The summed E-state index contributed by atoms with van der Waals surface area (Å²) in [6.07, 6.45) is 2.07. The highest BCUT2D eigenvalue weighted by molar-refractivity contribution is 5.19. The van der Waals surface area contributed by atoms with Gasteiger partial charge in [-0.05, 0) is 24.3 Å². The third kappa shape index (κ3) is 3.60. The van der Waals surface area contributed by atoms with Crippen LogP contribution in [0.3, 0.4) is 0 Å². The number of benzene rings is 1. The van der Waals surface area contributed by atoms with Gasteiger partial charge in [-0.3, -0.25) is 4.90 Å². The minimum absolute atomic E-state index is 0.176. The number of hydrogen-bond donors (Lipinski definition) is 1. The number of piperidine rings is 1.